The number of carbonyl (C=O) groups excluding carboxylic acids is 1. The Balaban J connectivity index is 1.53. The van der Waals surface area contributed by atoms with Crippen molar-refractivity contribution in [2.45, 2.75) is 32.4 Å². The number of benzene rings is 2. The van der Waals surface area contributed by atoms with Crippen LogP contribution in [0.15, 0.2) is 42.6 Å². The lowest BCUT2D eigenvalue weighted by atomic mass is 9.72. The summed E-state index contributed by atoms with van der Waals surface area (Å²) < 4.78 is 17.5. The molecule has 5 rings (SSSR count). The summed E-state index contributed by atoms with van der Waals surface area (Å²) in [5.74, 6) is 0.404. The number of aryl methyl sites for hydroxylation is 1. The number of hydrogen-bond acceptors (Lipinski definition) is 6. The first-order valence-electron chi connectivity index (χ1n) is 11.8. The maximum absolute atomic E-state index is 11.9. The highest BCUT2D eigenvalue weighted by Crippen LogP contribution is 2.47. The molecule has 8 heteroatoms. The van der Waals surface area contributed by atoms with Crippen molar-refractivity contribution in [3.63, 3.8) is 0 Å². The van der Waals surface area contributed by atoms with E-state index in [0.29, 0.717) is 17.6 Å². The number of aromatic nitrogens is 1. The van der Waals surface area contributed by atoms with Gasteiger partial charge in [-0.2, -0.15) is 0 Å². The second-order valence-electron chi connectivity index (χ2n) is 9.65. The Morgan fingerprint density at radius 3 is 2.51 bits per heavy atom. The van der Waals surface area contributed by atoms with Crippen LogP contribution >= 0.6 is 0 Å². The normalized spacial score (nSPS) is 19.5. The lowest BCUT2D eigenvalue weighted by Gasteiger charge is -2.51. The number of carbonyl (C=O) groups is 2. The van der Waals surface area contributed by atoms with E-state index in [1.807, 2.05) is 43.3 Å². The third-order valence-corrected chi connectivity index (χ3v) is 7.55. The Kier molecular flexibility index (Phi) is 6.02. The smallest absolute Gasteiger partial charge is 0.416 e. The standard InChI is InChI=1S/C27H30N2O6/c1-17-12-23(33-2)21(20-8-10-29(24(17)20)26(31)32)14-28-11-9-27(15-35-16-27)13-22(28)18-4-6-19(7-5-18)25(30)34-3/h4-8,10,12,22H,9,11,13-16H2,1-3H3,(H,31,32). The van der Waals surface area contributed by atoms with Gasteiger partial charge in [-0.1, -0.05) is 12.1 Å². The van der Waals surface area contributed by atoms with Crippen LogP contribution in [0.25, 0.3) is 10.9 Å². The lowest BCUT2D eigenvalue weighted by Crippen LogP contribution is -2.51. The van der Waals surface area contributed by atoms with Gasteiger partial charge in [0.2, 0.25) is 0 Å². The van der Waals surface area contributed by atoms with Gasteiger partial charge in [0.25, 0.3) is 0 Å². The van der Waals surface area contributed by atoms with Crippen LogP contribution in [0, 0.1) is 12.3 Å². The third kappa shape index (κ3) is 4.06. The number of carboxylic acid groups (broad SMARTS) is 1. The Bertz CT molecular complexity index is 1280. The number of piperidine rings is 1. The second kappa shape index (κ2) is 9.02. The molecule has 2 aromatic carbocycles. The van der Waals surface area contributed by atoms with Gasteiger partial charge in [-0.3, -0.25) is 9.47 Å². The summed E-state index contributed by atoms with van der Waals surface area (Å²) in [4.78, 5) is 26.2. The van der Waals surface area contributed by atoms with Crippen molar-refractivity contribution in [2.75, 3.05) is 34.0 Å². The molecule has 3 heterocycles. The molecule has 0 amide bonds. The minimum Gasteiger partial charge on any atom is -0.496 e. The molecule has 2 fully saturated rings. The van der Waals surface area contributed by atoms with Gasteiger partial charge in [0.05, 0.1) is 38.5 Å². The zero-order valence-corrected chi connectivity index (χ0v) is 20.2. The van der Waals surface area contributed by atoms with Crippen LogP contribution in [0.3, 0.4) is 0 Å². The molecule has 0 saturated carbocycles. The SMILES string of the molecule is COC(=O)c1ccc(C2CC3(CCN2Cc2c(OC)cc(C)c4c2ccn4C(=O)O)COC3)cc1. The largest absolute Gasteiger partial charge is 0.496 e. The number of nitrogens with zero attached hydrogens (tertiary/aromatic N) is 2. The molecule has 184 valence electrons. The van der Waals surface area contributed by atoms with Crippen molar-refractivity contribution in [1.29, 1.82) is 0 Å². The second-order valence-corrected chi connectivity index (χ2v) is 9.65. The number of rotatable bonds is 5. The quantitative estimate of drug-likeness (QED) is 0.535. The topological polar surface area (TPSA) is 90.2 Å². The van der Waals surface area contributed by atoms with E-state index < -0.39 is 6.09 Å². The average molecular weight is 479 g/mol. The summed E-state index contributed by atoms with van der Waals surface area (Å²) in [5, 5.41) is 10.6. The molecule has 2 saturated heterocycles. The van der Waals surface area contributed by atoms with Gasteiger partial charge in [0.15, 0.2) is 0 Å². The molecule has 2 aliphatic heterocycles. The molecule has 1 N–H and O–H groups in total. The van der Waals surface area contributed by atoms with Crippen LogP contribution in [0.5, 0.6) is 5.75 Å². The summed E-state index contributed by atoms with van der Waals surface area (Å²) in [5.41, 5.74) is 4.36. The summed E-state index contributed by atoms with van der Waals surface area (Å²) >= 11 is 0. The first-order valence-corrected chi connectivity index (χ1v) is 11.8. The van der Waals surface area contributed by atoms with Gasteiger partial charge < -0.3 is 19.3 Å². The van der Waals surface area contributed by atoms with E-state index in [-0.39, 0.29) is 17.4 Å². The van der Waals surface area contributed by atoms with E-state index in [4.69, 9.17) is 14.2 Å². The summed E-state index contributed by atoms with van der Waals surface area (Å²) in [7, 11) is 3.03. The van der Waals surface area contributed by atoms with Crippen LogP contribution in [0.1, 0.15) is 45.9 Å². The van der Waals surface area contributed by atoms with E-state index in [9.17, 15) is 14.7 Å². The molecule has 8 nitrogen and oxygen atoms in total. The van der Waals surface area contributed by atoms with Crippen molar-refractivity contribution >= 4 is 23.0 Å². The van der Waals surface area contributed by atoms with Gasteiger partial charge in [0.1, 0.15) is 5.75 Å². The number of hydrogen-bond donors (Lipinski definition) is 1. The molecular weight excluding hydrogens is 448 g/mol. The van der Waals surface area contributed by atoms with E-state index in [1.165, 1.54) is 11.7 Å². The number of fused-ring (bicyclic) bond motifs is 1. The monoisotopic (exact) mass is 478 g/mol. The Labute approximate surface area is 204 Å². The van der Waals surface area contributed by atoms with Crippen LogP contribution < -0.4 is 4.74 Å². The average Bonchev–Trinajstić information content (AvgIpc) is 3.31. The first-order chi connectivity index (χ1) is 16.9. The predicted octanol–water partition coefficient (Wildman–Crippen LogP) is 4.62. The number of methoxy groups -OCH3 is 2. The fraction of sp³-hybridized carbons (Fsp3) is 0.407. The number of esters is 1. The Morgan fingerprint density at radius 1 is 1.17 bits per heavy atom. The highest BCUT2D eigenvalue weighted by atomic mass is 16.5. The summed E-state index contributed by atoms with van der Waals surface area (Å²) in [6.45, 7) is 4.95. The van der Waals surface area contributed by atoms with Gasteiger partial charge in [-0.05, 0) is 61.7 Å². The molecule has 1 unspecified atom stereocenters. The van der Waals surface area contributed by atoms with Gasteiger partial charge in [0, 0.05) is 35.1 Å². The molecule has 2 aliphatic rings. The van der Waals surface area contributed by atoms with Crippen molar-refractivity contribution < 1.29 is 28.9 Å². The molecule has 0 aliphatic carbocycles. The van der Waals surface area contributed by atoms with Crippen LogP contribution in [-0.4, -0.2) is 60.6 Å². The highest BCUT2D eigenvalue weighted by molar-refractivity contribution is 5.94. The predicted molar refractivity (Wildman–Crippen MR) is 130 cm³/mol. The van der Waals surface area contributed by atoms with Crippen LogP contribution in [-0.2, 0) is 16.0 Å². The van der Waals surface area contributed by atoms with E-state index in [1.54, 1.807) is 13.3 Å². The third-order valence-electron chi connectivity index (χ3n) is 7.55. The van der Waals surface area contributed by atoms with Crippen molar-refractivity contribution in [3.05, 3.63) is 64.8 Å². The molecular formula is C27H30N2O6. The molecule has 1 aromatic heterocycles. The lowest BCUT2D eigenvalue weighted by molar-refractivity contribution is -0.153. The Hall–Kier alpha value is -3.36. The van der Waals surface area contributed by atoms with Gasteiger partial charge >= 0.3 is 12.1 Å². The maximum atomic E-state index is 11.9. The number of ether oxygens (including phenoxy) is 3. The number of likely N-dealkylation sites (tertiary alicyclic amines) is 1. The van der Waals surface area contributed by atoms with Gasteiger partial charge in [-0.25, -0.2) is 9.59 Å². The van der Waals surface area contributed by atoms with Crippen molar-refractivity contribution in [3.8, 4) is 5.75 Å². The van der Waals surface area contributed by atoms with Crippen molar-refractivity contribution in [2.24, 2.45) is 5.41 Å². The minimum absolute atomic E-state index is 0.127. The highest BCUT2D eigenvalue weighted by Gasteiger charge is 2.45. The minimum atomic E-state index is -1.01. The zero-order chi connectivity index (χ0) is 24.7. The summed E-state index contributed by atoms with van der Waals surface area (Å²) in [6.07, 6.45) is 2.59. The molecule has 1 atom stereocenters. The van der Waals surface area contributed by atoms with E-state index in [2.05, 4.69) is 4.90 Å². The zero-order valence-electron chi connectivity index (χ0n) is 20.2. The van der Waals surface area contributed by atoms with Crippen LogP contribution in [0.4, 0.5) is 4.79 Å². The molecule has 0 bridgehead atoms. The summed E-state index contributed by atoms with van der Waals surface area (Å²) in [6, 6.07) is 11.5. The van der Waals surface area contributed by atoms with Gasteiger partial charge in [-0.15, -0.1) is 0 Å². The van der Waals surface area contributed by atoms with E-state index >= 15 is 0 Å². The Morgan fingerprint density at radius 2 is 1.91 bits per heavy atom. The first kappa shape index (κ1) is 23.4. The molecule has 1 spiro atoms. The fourth-order valence-corrected chi connectivity index (χ4v) is 5.58. The van der Waals surface area contributed by atoms with Crippen molar-refractivity contribution in [1.82, 2.24) is 9.47 Å². The maximum Gasteiger partial charge on any atom is 0.416 e. The molecule has 0 radical (unpaired) electrons. The molecule has 35 heavy (non-hydrogen) atoms. The molecule has 3 aromatic rings. The fourth-order valence-electron chi connectivity index (χ4n) is 5.58. The van der Waals surface area contributed by atoms with Crippen LogP contribution in [0.2, 0.25) is 0 Å². The van der Waals surface area contributed by atoms with E-state index in [0.717, 1.165) is 60.4 Å².